The van der Waals surface area contributed by atoms with Crippen molar-refractivity contribution in [2.45, 2.75) is 39.5 Å². The molecule has 2 aromatic carbocycles. The van der Waals surface area contributed by atoms with Gasteiger partial charge in [-0.05, 0) is 25.0 Å². The van der Waals surface area contributed by atoms with E-state index in [1.807, 2.05) is 0 Å². The van der Waals surface area contributed by atoms with Gasteiger partial charge in [0.2, 0.25) is 0 Å². The Morgan fingerprint density at radius 2 is 1.26 bits per heavy atom. The Bertz CT molecular complexity index is 555. The summed E-state index contributed by atoms with van der Waals surface area (Å²) in [6, 6.07) is 18.1. The number of nitrogens with zero attached hydrogens (tertiary/aromatic N) is 1. The SMILES string of the molecule is CCCCN(CCCC)c1cc[c]([Al][c]2cc[c]([Al])cc2)cc1. The highest BCUT2D eigenvalue weighted by atomic mass is 27.1. The Kier molecular flexibility index (Phi) is 8.29. The zero-order valence-corrected chi connectivity index (χ0v) is 16.8. The molecular weight excluding hydrogens is 308 g/mol. The van der Waals surface area contributed by atoms with Gasteiger partial charge in [0.1, 0.15) is 0 Å². The van der Waals surface area contributed by atoms with E-state index in [2.05, 4.69) is 83.6 Å². The second-order valence-corrected chi connectivity index (χ2v) is 8.39. The molecule has 0 saturated carbocycles. The maximum Gasteiger partial charge on any atom is 0.298 e. The fraction of sp³-hybridized carbons (Fsp3) is 0.400. The number of hydrogen-bond donors (Lipinski definition) is 0. The van der Waals surface area contributed by atoms with Crippen LogP contribution in [0.4, 0.5) is 5.69 Å². The van der Waals surface area contributed by atoms with E-state index >= 15 is 0 Å². The van der Waals surface area contributed by atoms with Crippen molar-refractivity contribution in [3.8, 4) is 0 Å². The maximum atomic E-state index is 2.75. The van der Waals surface area contributed by atoms with E-state index in [1.165, 1.54) is 57.7 Å². The summed E-state index contributed by atoms with van der Waals surface area (Å²) >= 11 is 2.94. The lowest BCUT2D eigenvalue weighted by molar-refractivity contribution is 0.678. The van der Waals surface area contributed by atoms with Gasteiger partial charge in [-0.25, -0.2) is 0 Å². The summed E-state index contributed by atoms with van der Waals surface area (Å²) in [4.78, 5) is 2.55. The minimum atomic E-state index is 0.193. The molecule has 0 saturated heterocycles. The minimum absolute atomic E-state index is 0.193. The fourth-order valence-corrected chi connectivity index (χ4v) is 3.98. The third-order valence-corrected chi connectivity index (χ3v) is 5.91. The Labute approximate surface area is 156 Å². The standard InChI is InChI=1S/C14H22N.C6H4.2Al/c1-3-5-12-15(13-6-4-2)14-10-8-7-9-11-14;1-2-4-6-5-3-1;;/h8-11H,3-6,12-13H2,1-2H3;1-2,5-6H;;. The molecule has 0 N–H and O–H groups in total. The highest BCUT2D eigenvalue weighted by molar-refractivity contribution is 6.67. The molecule has 0 spiro atoms. The highest BCUT2D eigenvalue weighted by Crippen LogP contribution is 2.14. The van der Waals surface area contributed by atoms with Crippen molar-refractivity contribution in [2.75, 3.05) is 18.0 Å². The molecule has 0 atom stereocenters. The van der Waals surface area contributed by atoms with Gasteiger partial charge in [-0.15, -0.1) is 13.3 Å². The van der Waals surface area contributed by atoms with Gasteiger partial charge >= 0.3 is 0 Å². The monoisotopic (exact) mass is 334 g/mol. The van der Waals surface area contributed by atoms with E-state index < -0.39 is 0 Å². The minimum Gasteiger partial charge on any atom is -0.372 e. The van der Waals surface area contributed by atoms with Crippen molar-refractivity contribution < 1.29 is 0 Å². The molecule has 0 unspecified atom stereocenters. The number of unbranched alkanes of at least 4 members (excludes halogenated alkanes) is 2. The Balaban J connectivity index is 2.02. The molecule has 0 amide bonds. The molecule has 1 nitrogen and oxygen atoms in total. The number of anilines is 1. The van der Waals surface area contributed by atoms with Crippen LogP contribution in [0.5, 0.6) is 0 Å². The van der Waals surface area contributed by atoms with Crippen molar-refractivity contribution in [3.05, 3.63) is 48.5 Å². The summed E-state index contributed by atoms with van der Waals surface area (Å²) in [5, 5.41) is 0. The second kappa shape index (κ2) is 10.2. The van der Waals surface area contributed by atoms with Crippen molar-refractivity contribution in [1.29, 1.82) is 0 Å². The van der Waals surface area contributed by atoms with Gasteiger partial charge in [-0.3, -0.25) is 0 Å². The molecule has 0 aliphatic heterocycles. The molecule has 0 aromatic heterocycles. The highest BCUT2D eigenvalue weighted by Gasteiger charge is 2.06. The third-order valence-electron chi connectivity index (χ3n) is 4.09. The first-order valence-electron chi connectivity index (χ1n) is 8.78. The van der Waals surface area contributed by atoms with Gasteiger partial charge in [0.15, 0.2) is 16.3 Å². The van der Waals surface area contributed by atoms with E-state index in [0.717, 1.165) is 0 Å². The maximum absolute atomic E-state index is 2.75. The summed E-state index contributed by atoms with van der Waals surface area (Å²) in [5.41, 5.74) is 1.38. The molecule has 0 fully saturated rings. The zero-order chi connectivity index (χ0) is 16.5. The van der Waals surface area contributed by atoms with Crippen LogP contribution in [0, 0.1) is 0 Å². The average molecular weight is 334 g/mol. The molecule has 0 aliphatic rings. The number of benzene rings is 2. The lowest BCUT2D eigenvalue weighted by atomic mass is 10.2. The van der Waals surface area contributed by atoms with Crippen LogP contribution < -0.4 is 18.2 Å². The van der Waals surface area contributed by atoms with Gasteiger partial charge in [0, 0.05) is 18.8 Å². The first-order chi connectivity index (χ1) is 11.2. The van der Waals surface area contributed by atoms with Crippen LogP contribution >= 0.6 is 0 Å². The van der Waals surface area contributed by atoms with Crippen LogP contribution in [0.1, 0.15) is 39.5 Å². The predicted octanol–water partition coefficient (Wildman–Crippen LogP) is 2.54. The molecule has 2 rings (SSSR count). The Morgan fingerprint density at radius 3 is 1.74 bits per heavy atom. The zero-order valence-electron chi connectivity index (χ0n) is 14.5. The van der Waals surface area contributed by atoms with Crippen molar-refractivity contribution in [3.63, 3.8) is 0 Å². The smallest absolute Gasteiger partial charge is 0.298 e. The average Bonchev–Trinajstić information content (AvgIpc) is 2.58. The first-order valence-corrected chi connectivity index (χ1v) is 10.5. The molecule has 0 aliphatic carbocycles. The number of hydrogen-bond acceptors (Lipinski definition) is 1. The Hall–Kier alpha value is -0.695. The van der Waals surface area contributed by atoms with E-state index in [-0.39, 0.29) is 15.2 Å². The summed E-state index contributed by atoms with van der Waals surface area (Å²) < 4.78 is 4.18. The quantitative estimate of drug-likeness (QED) is 0.637. The van der Waals surface area contributed by atoms with Gasteiger partial charge < -0.3 is 4.90 Å². The van der Waals surface area contributed by atoms with E-state index in [9.17, 15) is 0 Å². The molecule has 117 valence electrons. The van der Waals surface area contributed by atoms with Crippen LogP contribution in [0.2, 0.25) is 0 Å². The molecule has 2 aromatic rings. The summed E-state index contributed by atoms with van der Waals surface area (Å²) in [7, 11) is 0. The second-order valence-electron chi connectivity index (χ2n) is 6.10. The summed E-state index contributed by atoms with van der Waals surface area (Å²) in [6.45, 7) is 6.89. The summed E-state index contributed by atoms with van der Waals surface area (Å²) in [5.74, 6) is 0. The molecule has 23 heavy (non-hydrogen) atoms. The normalized spacial score (nSPS) is 10.5. The van der Waals surface area contributed by atoms with Gasteiger partial charge in [0.05, 0.1) is 0 Å². The predicted molar refractivity (Wildman–Crippen MR) is 105 cm³/mol. The first kappa shape index (κ1) is 18.6. The molecule has 3 radical (unpaired) electrons. The van der Waals surface area contributed by atoms with Crippen molar-refractivity contribution >= 4 is 50.5 Å². The largest absolute Gasteiger partial charge is 0.372 e. The van der Waals surface area contributed by atoms with Crippen LogP contribution in [-0.2, 0) is 0 Å². The van der Waals surface area contributed by atoms with Crippen molar-refractivity contribution in [1.82, 2.24) is 0 Å². The van der Waals surface area contributed by atoms with Crippen LogP contribution in [0.3, 0.4) is 0 Å². The van der Waals surface area contributed by atoms with E-state index in [1.54, 1.807) is 0 Å². The van der Waals surface area contributed by atoms with E-state index in [4.69, 9.17) is 0 Å². The molecular formula is C20H26Al2N. The lowest BCUT2D eigenvalue weighted by Crippen LogP contribution is -2.29. The van der Waals surface area contributed by atoms with Crippen LogP contribution in [0.15, 0.2) is 48.5 Å². The van der Waals surface area contributed by atoms with Crippen LogP contribution in [-0.4, -0.2) is 44.6 Å². The topological polar surface area (TPSA) is 3.24 Å². The van der Waals surface area contributed by atoms with Gasteiger partial charge in [-0.1, -0.05) is 63.1 Å². The van der Waals surface area contributed by atoms with E-state index in [0.29, 0.717) is 0 Å². The lowest BCUT2D eigenvalue weighted by Gasteiger charge is -2.25. The molecule has 3 heteroatoms. The fourth-order valence-electron chi connectivity index (χ4n) is 2.63. The number of rotatable bonds is 9. The summed E-state index contributed by atoms with van der Waals surface area (Å²) in [6.07, 6.45) is 5.07. The van der Waals surface area contributed by atoms with Gasteiger partial charge in [0.25, 0.3) is 15.2 Å². The third kappa shape index (κ3) is 6.37. The van der Waals surface area contributed by atoms with Crippen molar-refractivity contribution in [2.24, 2.45) is 0 Å². The molecule has 0 bridgehead atoms. The van der Waals surface area contributed by atoms with Gasteiger partial charge in [-0.2, -0.15) is 0 Å². The molecule has 0 heterocycles. The Morgan fingerprint density at radius 1 is 0.783 bits per heavy atom. The van der Waals surface area contributed by atoms with Crippen LogP contribution in [0.25, 0.3) is 0 Å².